The highest BCUT2D eigenvalue weighted by Gasteiger charge is 2.15. The average Bonchev–Trinajstić information content (AvgIpc) is 2.49. The van der Waals surface area contributed by atoms with E-state index in [4.69, 9.17) is 4.74 Å². The molecular weight excluding hydrogens is 270 g/mol. The van der Waals surface area contributed by atoms with Gasteiger partial charge < -0.3 is 10.1 Å². The quantitative estimate of drug-likeness (QED) is 0.624. The molecule has 0 spiro atoms. The van der Waals surface area contributed by atoms with Gasteiger partial charge in [0.15, 0.2) is 5.75 Å². The first kappa shape index (κ1) is 14.9. The Hall–Kier alpha value is -2.47. The van der Waals surface area contributed by atoms with Gasteiger partial charge >= 0.3 is 5.69 Å². The molecule has 0 unspecified atom stereocenters. The molecule has 0 amide bonds. The van der Waals surface area contributed by atoms with Crippen LogP contribution in [0.15, 0.2) is 42.6 Å². The summed E-state index contributed by atoms with van der Waals surface area (Å²) in [6, 6.07) is 10.5. The van der Waals surface area contributed by atoms with Gasteiger partial charge in [0.1, 0.15) is 0 Å². The summed E-state index contributed by atoms with van der Waals surface area (Å²) in [5.74, 6) is 0.295. The molecule has 0 radical (unpaired) electrons. The van der Waals surface area contributed by atoms with Crippen molar-refractivity contribution in [3.63, 3.8) is 0 Å². The molecule has 110 valence electrons. The lowest BCUT2D eigenvalue weighted by Crippen LogP contribution is -2.08. The van der Waals surface area contributed by atoms with E-state index in [2.05, 4.69) is 10.3 Å². The van der Waals surface area contributed by atoms with Crippen molar-refractivity contribution >= 4 is 5.69 Å². The van der Waals surface area contributed by atoms with Gasteiger partial charge in [-0.1, -0.05) is 12.1 Å². The van der Waals surface area contributed by atoms with Crippen LogP contribution in [-0.4, -0.2) is 23.6 Å². The lowest BCUT2D eigenvalue weighted by atomic mass is 10.2. The standard InChI is InChI=1S/C15H17N3O3/c1-16-11-12-5-6-14(18(19)20)15(10-12)21-9-7-13-4-2-3-8-17-13/h2-6,8,10,16H,7,9,11H2,1H3. The van der Waals surface area contributed by atoms with Crippen molar-refractivity contribution in [1.82, 2.24) is 10.3 Å². The zero-order valence-electron chi connectivity index (χ0n) is 11.8. The molecule has 1 N–H and O–H groups in total. The summed E-state index contributed by atoms with van der Waals surface area (Å²) >= 11 is 0. The maximum Gasteiger partial charge on any atom is 0.310 e. The molecule has 6 nitrogen and oxygen atoms in total. The van der Waals surface area contributed by atoms with Gasteiger partial charge in [0.05, 0.1) is 11.5 Å². The first-order chi connectivity index (χ1) is 10.2. The summed E-state index contributed by atoms with van der Waals surface area (Å²) in [6.45, 7) is 0.982. The topological polar surface area (TPSA) is 77.3 Å². The molecule has 1 aromatic heterocycles. The van der Waals surface area contributed by atoms with Crippen LogP contribution in [0.25, 0.3) is 0 Å². The van der Waals surface area contributed by atoms with E-state index in [9.17, 15) is 10.1 Å². The van der Waals surface area contributed by atoms with E-state index in [-0.39, 0.29) is 5.69 Å². The lowest BCUT2D eigenvalue weighted by molar-refractivity contribution is -0.385. The first-order valence-electron chi connectivity index (χ1n) is 6.65. The van der Waals surface area contributed by atoms with Crippen molar-refractivity contribution in [2.45, 2.75) is 13.0 Å². The maximum atomic E-state index is 11.0. The van der Waals surface area contributed by atoms with Crippen LogP contribution >= 0.6 is 0 Å². The first-order valence-corrected chi connectivity index (χ1v) is 6.65. The summed E-state index contributed by atoms with van der Waals surface area (Å²) in [7, 11) is 1.82. The van der Waals surface area contributed by atoms with E-state index >= 15 is 0 Å². The van der Waals surface area contributed by atoms with Crippen molar-refractivity contribution in [2.75, 3.05) is 13.7 Å². The summed E-state index contributed by atoms with van der Waals surface area (Å²) in [6.07, 6.45) is 2.32. The predicted octanol–water partition coefficient (Wildman–Crippen LogP) is 2.33. The number of nitro groups is 1. The van der Waals surface area contributed by atoms with E-state index in [0.717, 1.165) is 11.3 Å². The fourth-order valence-corrected chi connectivity index (χ4v) is 1.95. The molecule has 0 bridgehead atoms. The molecular formula is C15H17N3O3. The van der Waals surface area contributed by atoms with Gasteiger partial charge in [0, 0.05) is 30.9 Å². The minimum Gasteiger partial charge on any atom is -0.486 e. The van der Waals surface area contributed by atoms with Crippen LogP contribution in [0.5, 0.6) is 5.75 Å². The minimum absolute atomic E-state index is 0.0177. The van der Waals surface area contributed by atoms with Gasteiger partial charge in [0.25, 0.3) is 0 Å². The second kappa shape index (κ2) is 7.35. The van der Waals surface area contributed by atoms with Gasteiger partial charge in [-0.2, -0.15) is 0 Å². The molecule has 0 atom stereocenters. The smallest absolute Gasteiger partial charge is 0.310 e. The lowest BCUT2D eigenvalue weighted by Gasteiger charge is -2.08. The molecule has 2 aromatic rings. The van der Waals surface area contributed by atoms with E-state index in [1.54, 1.807) is 18.3 Å². The monoisotopic (exact) mass is 287 g/mol. The van der Waals surface area contributed by atoms with E-state index in [0.29, 0.717) is 25.3 Å². The highest BCUT2D eigenvalue weighted by molar-refractivity contribution is 5.48. The number of nitro benzene ring substituents is 1. The van der Waals surface area contributed by atoms with Crippen molar-refractivity contribution in [2.24, 2.45) is 0 Å². The Morgan fingerprint density at radius 2 is 2.19 bits per heavy atom. The number of hydrogen-bond donors (Lipinski definition) is 1. The van der Waals surface area contributed by atoms with Crippen LogP contribution in [0.2, 0.25) is 0 Å². The number of nitrogens with one attached hydrogen (secondary N) is 1. The maximum absolute atomic E-state index is 11.0. The third-order valence-corrected chi connectivity index (χ3v) is 2.94. The molecule has 6 heteroatoms. The molecule has 1 heterocycles. The number of nitrogens with zero attached hydrogens (tertiary/aromatic N) is 2. The highest BCUT2D eigenvalue weighted by atomic mass is 16.6. The summed E-state index contributed by atoms with van der Waals surface area (Å²) in [5, 5.41) is 14.0. The van der Waals surface area contributed by atoms with E-state index in [1.807, 2.05) is 25.2 Å². The van der Waals surface area contributed by atoms with Crippen LogP contribution in [0.1, 0.15) is 11.3 Å². The Kier molecular flexibility index (Phi) is 5.22. The van der Waals surface area contributed by atoms with Crippen molar-refractivity contribution in [1.29, 1.82) is 0 Å². The number of pyridine rings is 1. The average molecular weight is 287 g/mol. The number of benzene rings is 1. The van der Waals surface area contributed by atoms with Gasteiger partial charge in [-0.25, -0.2) is 0 Å². The summed E-state index contributed by atoms with van der Waals surface area (Å²) < 4.78 is 5.58. The molecule has 0 aliphatic rings. The minimum atomic E-state index is -0.431. The fourth-order valence-electron chi connectivity index (χ4n) is 1.95. The van der Waals surface area contributed by atoms with Gasteiger partial charge in [-0.15, -0.1) is 0 Å². The van der Waals surface area contributed by atoms with E-state index < -0.39 is 4.92 Å². The van der Waals surface area contributed by atoms with Crippen LogP contribution in [-0.2, 0) is 13.0 Å². The summed E-state index contributed by atoms with van der Waals surface area (Å²) in [4.78, 5) is 14.8. The van der Waals surface area contributed by atoms with Crippen LogP contribution in [0.3, 0.4) is 0 Å². The Bertz CT molecular complexity index is 602. The van der Waals surface area contributed by atoms with Gasteiger partial charge in [0.2, 0.25) is 0 Å². The zero-order chi connectivity index (χ0) is 15.1. The number of rotatable bonds is 7. The molecule has 0 saturated heterocycles. The fraction of sp³-hybridized carbons (Fsp3) is 0.267. The van der Waals surface area contributed by atoms with Crippen LogP contribution < -0.4 is 10.1 Å². The number of aromatic nitrogens is 1. The molecule has 0 saturated carbocycles. The third kappa shape index (κ3) is 4.25. The number of ether oxygens (including phenoxy) is 1. The molecule has 0 aliphatic heterocycles. The Labute approximate surface area is 122 Å². The second-order valence-electron chi connectivity index (χ2n) is 4.51. The molecule has 21 heavy (non-hydrogen) atoms. The molecule has 1 aromatic carbocycles. The number of hydrogen-bond acceptors (Lipinski definition) is 5. The largest absolute Gasteiger partial charge is 0.486 e. The summed E-state index contributed by atoms with van der Waals surface area (Å²) in [5.41, 5.74) is 1.82. The normalized spacial score (nSPS) is 10.3. The van der Waals surface area contributed by atoms with Gasteiger partial charge in [-0.05, 0) is 30.8 Å². The molecule has 0 aliphatic carbocycles. The van der Waals surface area contributed by atoms with Crippen molar-refractivity contribution in [3.05, 3.63) is 64.0 Å². The third-order valence-electron chi connectivity index (χ3n) is 2.94. The van der Waals surface area contributed by atoms with Crippen LogP contribution in [0, 0.1) is 10.1 Å². The second-order valence-corrected chi connectivity index (χ2v) is 4.51. The van der Waals surface area contributed by atoms with Crippen molar-refractivity contribution < 1.29 is 9.66 Å². The van der Waals surface area contributed by atoms with Crippen molar-refractivity contribution in [3.8, 4) is 5.75 Å². The Morgan fingerprint density at radius 3 is 2.86 bits per heavy atom. The zero-order valence-corrected chi connectivity index (χ0v) is 11.8. The van der Waals surface area contributed by atoms with Gasteiger partial charge in [-0.3, -0.25) is 15.1 Å². The molecule has 2 rings (SSSR count). The Morgan fingerprint density at radius 1 is 1.33 bits per heavy atom. The van der Waals surface area contributed by atoms with E-state index in [1.165, 1.54) is 6.07 Å². The SMILES string of the molecule is CNCc1ccc([N+](=O)[O-])c(OCCc2ccccn2)c1. The predicted molar refractivity (Wildman–Crippen MR) is 79.3 cm³/mol. The van der Waals surface area contributed by atoms with Crippen LogP contribution in [0.4, 0.5) is 5.69 Å². The molecule has 0 fully saturated rings. The highest BCUT2D eigenvalue weighted by Crippen LogP contribution is 2.28. The Balaban J connectivity index is 2.06.